The van der Waals surface area contributed by atoms with Crippen molar-refractivity contribution in [2.24, 2.45) is 5.92 Å². The predicted octanol–water partition coefficient (Wildman–Crippen LogP) is 4.49. The van der Waals surface area contributed by atoms with E-state index in [1.54, 1.807) is 4.90 Å². The maximum atomic E-state index is 12.2. The van der Waals surface area contributed by atoms with Crippen LogP contribution in [0, 0.1) is 5.92 Å². The maximum absolute atomic E-state index is 12.2. The van der Waals surface area contributed by atoms with E-state index in [1.165, 1.54) is 0 Å². The van der Waals surface area contributed by atoms with Gasteiger partial charge in [-0.1, -0.05) is 23.7 Å². The molecule has 0 N–H and O–H groups in total. The summed E-state index contributed by atoms with van der Waals surface area (Å²) in [7, 11) is 0. The average Bonchev–Trinajstić information content (AvgIpc) is 2.48. The lowest BCUT2D eigenvalue weighted by Crippen LogP contribution is -2.42. The molecule has 0 spiro atoms. The van der Waals surface area contributed by atoms with E-state index >= 15 is 0 Å². The molecule has 0 bridgehead atoms. The van der Waals surface area contributed by atoms with Crippen molar-refractivity contribution >= 4 is 23.5 Å². The summed E-state index contributed by atoms with van der Waals surface area (Å²) in [5, 5.41) is 0.681. The zero-order valence-corrected chi connectivity index (χ0v) is 15.4. The second-order valence-electron chi connectivity index (χ2n) is 7.46. The van der Waals surface area contributed by atoms with Crippen molar-refractivity contribution in [3.63, 3.8) is 0 Å². The van der Waals surface area contributed by atoms with Crippen LogP contribution < -0.4 is 0 Å². The number of piperidine rings is 1. The Morgan fingerprint density at radius 1 is 1.17 bits per heavy atom. The first kappa shape index (κ1) is 18.8. The van der Waals surface area contributed by atoms with Crippen molar-refractivity contribution in [2.45, 2.75) is 52.1 Å². The first-order chi connectivity index (χ1) is 11.2. The summed E-state index contributed by atoms with van der Waals surface area (Å²) < 4.78 is 5.39. The lowest BCUT2D eigenvalue weighted by Gasteiger charge is -2.33. The van der Waals surface area contributed by atoms with Gasteiger partial charge < -0.3 is 9.64 Å². The van der Waals surface area contributed by atoms with E-state index in [0.29, 0.717) is 36.9 Å². The van der Waals surface area contributed by atoms with Crippen LogP contribution >= 0.6 is 11.6 Å². The van der Waals surface area contributed by atoms with E-state index in [2.05, 4.69) is 0 Å². The number of carbonyl (C=O) groups excluding carboxylic acids is 2. The highest BCUT2D eigenvalue weighted by Crippen LogP contribution is 2.23. The van der Waals surface area contributed by atoms with E-state index < -0.39 is 5.60 Å². The Balaban J connectivity index is 1.75. The van der Waals surface area contributed by atoms with E-state index in [-0.39, 0.29) is 11.9 Å². The Hall–Kier alpha value is -1.55. The van der Waals surface area contributed by atoms with E-state index in [0.717, 1.165) is 18.4 Å². The molecule has 1 aliphatic rings. The predicted molar refractivity (Wildman–Crippen MR) is 95.3 cm³/mol. The van der Waals surface area contributed by atoms with Gasteiger partial charge >= 0.3 is 6.09 Å². The highest BCUT2D eigenvalue weighted by Gasteiger charge is 2.27. The molecule has 132 valence electrons. The average molecular weight is 352 g/mol. The topological polar surface area (TPSA) is 46.6 Å². The summed E-state index contributed by atoms with van der Waals surface area (Å²) in [5.41, 5.74) is 0.526. The summed E-state index contributed by atoms with van der Waals surface area (Å²) in [6, 6.07) is 7.41. The fourth-order valence-electron chi connectivity index (χ4n) is 2.87. The van der Waals surface area contributed by atoms with E-state index in [1.807, 2.05) is 45.0 Å². The maximum Gasteiger partial charge on any atom is 0.410 e. The molecule has 1 aromatic carbocycles. The van der Waals surface area contributed by atoms with Gasteiger partial charge in [0.1, 0.15) is 11.4 Å². The van der Waals surface area contributed by atoms with Gasteiger partial charge in [0.25, 0.3) is 0 Å². The fraction of sp³-hybridized carbons (Fsp3) is 0.579. The highest BCUT2D eigenvalue weighted by atomic mass is 35.5. The monoisotopic (exact) mass is 351 g/mol. The van der Waals surface area contributed by atoms with Crippen LogP contribution in [0.4, 0.5) is 4.79 Å². The lowest BCUT2D eigenvalue weighted by molar-refractivity contribution is -0.119. The minimum atomic E-state index is -0.470. The molecule has 0 unspecified atom stereocenters. The van der Waals surface area contributed by atoms with Crippen LogP contribution in [0.5, 0.6) is 0 Å². The number of nitrogens with zero attached hydrogens (tertiary/aromatic N) is 1. The molecule has 0 saturated carbocycles. The molecule has 1 amide bonds. The summed E-state index contributed by atoms with van der Waals surface area (Å²) in [6.45, 7) is 6.93. The molecule has 1 heterocycles. The minimum absolute atomic E-state index is 0.244. The molecule has 0 radical (unpaired) electrons. The van der Waals surface area contributed by atoms with E-state index in [9.17, 15) is 9.59 Å². The molecule has 2 rings (SSSR count). The molecule has 1 aromatic rings. The third-order valence-corrected chi connectivity index (χ3v) is 4.35. The second kappa shape index (κ2) is 8.02. The van der Waals surface area contributed by atoms with Crippen LogP contribution in [0.15, 0.2) is 24.3 Å². The number of carbonyl (C=O) groups is 2. The van der Waals surface area contributed by atoms with Crippen molar-refractivity contribution in [1.82, 2.24) is 4.90 Å². The van der Waals surface area contributed by atoms with Crippen LogP contribution in [0.2, 0.25) is 5.02 Å². The zero-order valence-electron chi connectivity index (χ0n) is 14.7. The van der Waals surface area contributed by atoms with Crippen molar-refractivity contribution in [3.8, 4) is 0 Å². The van der Waals surface area contributed by atoms with Gasteiger partial charge in [0.2, 0.25) is 0 Å². The molecule has 4 nitrogen and oxygen atoms in total. The summed E-state index contributed by atoms with van der Waals surface area (Å²) in [6.07, 6.45) is 2.47. The van der Waals surface area contributed by atoms with Gasteiger partial charge in [0, 0.05) is 31.0 Å². The zero-order chi connectivity index (χ0) is 17.7. The molecule has 0 atom stereocenters. The van der Waals surface area contributed by atoms with Crippen molar-refractivity contribution in [2.75, 3.05) is 13.1 Å². The van der Waals surface area contributed by atoms with Crippen LogP contribution in [0.25, 0.3) is 0 Å². The smallest absolute Gasteiger partial charge is 0.410 e. The normalized spacial score (nSPS) is 16.1. The number of hydrogen-bond donors (Lipinski definition) is 0. The molecule has 24 heavy (non-hydrogen) atoms. The molecule has 1 fully saturated rings. The highest BCUT2D eigenvalue weighted by molar-refractivity contribution is 6.30. The number of halogens is 1. The van der Waals surface area contributed by atoms with Gasteiger partial charge in [0.15, 0.2) is 0 Å². The van der Waals surface area contributed by atoms with Gasteiger partial charge in [-0.05, 0) is 57.2 Å². The Bertz CT molecular complexity index is 569. The Morgan fingerprint density at radius 2 is 1.75 bits per heavy atom. The minimum Gasteiger partial charge on any atom is -0.444 e. The summed E-state index contributed by atoms with van der Waals surface area (Å²) in [5.74, 6) is 0.594. The number of hydrogen-bond acceptors (Lipinski definition) is 3. The fourth-order valence-corrected chi connectivity index (χ4v) is 3.00. The number of rotatable bonds is 4. The standard InChI is InChI=1S/C19H26ClNO3/c1-19(2,3)24-18(23)21-10-8-15(9-11-21)13-17(22)12-14-4-6-16(20)7-5-14/h4-7,15H,8-13H2,1-3H3. The third-order valence-electron chi connectivity index (χ3n) is 4.10. The Labute approximate surface area is 149 Å². The van der Waals surface area contributed by atoms with Crippen molar-refractivity contribution < 1.29 is 14.3 Å². The van der Waals surface area contributed by atoms with Crippen molar-refractivity contribution in [3.05, 3.63) is 34.9 Å². The van der Waals surface area contributed by atoms with Gasteiger partial charge in [-0.15, -0.1) is 0 Å². The second-order valence-corrected chi connectivity index (χ2v) is 7.89. The molecular weight excluding hydrogens is 326 g/mol. The molecule has 1 aliphatic heterocycles. The molecule has 5 heteroatoms. The van der Waals surface area contributed by atoms with Crippen LogP contribution in [-0.4, -0.2) is 35.5 Å². The number of ether oxygens (including phenoxy) is 1. The number of amides is 1. The Morgan fingerprint density at radius 3 is 2.29 bits per heavy atom. The van der Waals surface area contributed by atoms with Crippen molar-refractivity contribution in [1.29, 1.82) is 0 Å². The quantitative estimate of drug-likeness (QED) is 0.803. The van der Waals surface area contributed by atoms with Gasteiger partial charge in [-0.3, -0.25) is 4.79 Å². The number of benzene rings is 1. The SMILES string of the molecule is CC(C)(C)OC(=O)N1CCC(CC(=O)Cc2ccc(Cl)cc2)CC1. The number of ketones is 1. The van der Waals surface area contributed by atoms with Crippen LogP contribution in [-0.2, 0) is 16.0 Å². The first-order valence-electron chi connectivity index (χ1n) is 8.47. The van der Waals surface area contributed by atoms with Crippen LogP contribution in [0.1, 0.15) is 45.6 Å². The van der Waals surface area contributed by atoms with Gasteiger partial charge in [0.05, 0.1) is 0 Å². The summed E-state index contributed by atoms with van der Waals surface area (Å²) in [4.78, 5) is 26.0. The lowest BCUT2D eigenvalue weighted by atomic mass is 9.90. The first-order valence-corrected chi connectivity index (χ1v) is 8.85. The van der Waals surface area contributed by atoms with Gasteiger partial charge in [-0.25, -0.2) is 4.79 Å². The number of Topliss-reactive ketones (excluding diaryl/α,β-unsaturated/α-hetero) is 1. The van der Waals surface area contributed by atoms with Crippen LogP contribution in [0.3, 0.4) is 0 Å². The summed E-state index contributed by atoms with van der Waals surface area (Å²) >= 11 is 5.86. The largest absolute Gasteiger partial charge is 0.444 e. The molecule has 0 aliphatic carbocycles. The molecule has 0 aromatic heterocycles. The third kappa shape index (κ3) is 6.16. The van der Waals surface area contributed by atoms with E-state index in [4.69, 9.17) is 16.3 Å². The Kier molecular flexibility index (Phi) is 6.27. The van der Waals surface area contributed by atoms with Gasteiger partial charge in [-0.2, -0.15) is 0 Å². The number of likely N-dealkylation sites (tertiary alicyclic amines) is 1. The molecule has 1 saturated heterocycles. The molecular formula is C19H26ClNO3.